The van der Waals surface area contributed by atoms with Gasteiger partial charge < -0.3 is 15.9 Å². The third kappa shape index (κ3) is 5.23. The number of hydrogen-bond donors (Lipinski definition) is 2. The summed E-state index contributed by atoms with van der Waals surface area (Å²) >= 11 is 12.1. The molecule has 0 radical (unpaired) electrons. The lowest BCUT2D eigenvalue weighted by Crippen LogP contribution is -2.50. The molecule has 0 aliphatic carbocycles. The van der Waals surface area contributed by atoms with E-state index in [4.69, 9.17) is 33.8 Å². The van der Waals surface area contributed by atoms with Crippen molar-refractivity contribution in [3.8, 4) is 0 Å². The number of carbonyl (C=O) groups excluding carboxylic acids is 1. The van der Waals surface area contributed by atoms with Crippen molar-refractivity contribution in [3.05, 3.63) is 64.1 Å². The predicted octanol–water partition coefficient (Wildman–Crippen LogP) is 3.39. The number of benzene rings is 2. The van der Waals surface area contributed by atoms with Gasteiger partial charge in [0.2, 0.25) is 5.91 Å². The highest BCUT2D eigenvalue weighted by Crippen LogP contribution is 2.24. The van der Waals surface area contributed by atoms with Gasteiger partial charge >= 0.3 is 0 Å². The number of hydrogen-bond acceptors (Lipinski definition) is 5. The van der Waals surface area contributed by atoms with Gasteiger partial charge in [-0.15, -0.1) is 0 Å². The molecule has 2 aromatic carbocycles. The molecule has 3 rings (SSSR count). The number of rotatable bonds is 6. The molecule has 2 aromatic rings. The van der Waals surface area contributed by atoms with E-state index in [0.29, 0.717) is 48.5 Å². The molecule has 1 saturated heterocycles. The number of nitrogens with two attached hydrogens (primary N) is 1. The molecular formula is C20H22Cl2N4O2. The molecule has 0 bridgehead atoms. The zero-order valence-electron chi connectivity index (χ0n) is 15.3. The van der Waals surface area contributed by atoms with Crippen LogP contribution in [0.25, 0.3) is 0 Å². The van der Waals surface area contributed by atoms with Gasteiger partial charge in [0.05, 0.1) is 35.0 Å². The van der Waals surface area contributed by atoms with Gasteiger partial charge in [-0.05, 0) is 29.8 Å². The predicted molar refractivity (Wildman–Crippen MR) is 113 cm³/mol. The molecule has 0 aromatic heterocycles. The van der Waals surface area contributed by atoms with Gasteiger partial charge in [-0.1, -0.05) is 47.5 Å². The summed E-state index contributed by atoms with van der Waals surface area (Å²) in [7, 11) is 0. The zero-order chi connectivity index (χ0) is 19.9. The maximum absolute atomic E-state index is 13.1. The van der Waals surface area contributed by atoms with Crippen LogP contribution in [-0.4, -0.2) is 48.9 Å². The van der Waals surface area contributed by atoms with E-state index in [-0.39, 0.29) is 5.91 Å². The van der Waals surface area contributed by atoms with Crippen molar-refractivity contribution in [1.82, 2.24) is 4.90 Å². The topological polar surface area (TPSA) is 79.9 Å². The van der Waals surface area contributed by atoms with E-state index in [9.17, 15) is 4.79 Å². The number of ether oxygens (including phenoxy) is 1. The summed E-state index contributed by atoms with van der Waals surface area (Å²) in [5.41, 5.74) is 2.06. The Labute approximate surface area is 174 Å². The number of halogens is 2. The lowest BCUT2D eigenvalue weighted by atomic mass is 10.0. The molecule has 6 nitrogen and oxygen atoms in total. The largest absolute Gasteiger partial charge is 0.379 e. The normalized spacial score (nSPS) is 16.6. The van der Waals surface area contributed by atoms with Crippen LogP contribution in [0.15, 0.2) is 53.6 Å². The van der Waals surface area contributed by atoms with Gasteiger partial charge in [-0.25, -0.2) is 0 Å². The number of anilines is 1. The molecule has 1 atom stereocenters. The summed E-state index contributed by atoms with van der Waals surface area (Å²) < 4.78 is 5.43. The molecule has 8 heteroatoms. The van der Waals surface area contributed by atoms with E-state index in [0.717, 1.165) is 11.3 Å². The highest BCUT2D eigenvalue weighted by Gasteiger charge is 2.29. The fraction of sp³-hybridized carbons (Fsp3) is 0.300. The first kappa shape index (κ1) is 20.6. The van der Waals surface area contributed by atoms with Crippen LogP contribution in [0, 0.1) is 0 Å². The monoisotopic (exact) mass is 420 g/mol. The van der Waals surface area contributed by atoms with Crippen LogP contribution >= 0.6 is 23.2 Å². The Morgan fingerprint density at radius 1 is 1.14 bits per heavy atom. The summed E-state index contributed by atoms with van der Waals surface area (Å²) in [6, 6.07) is 14.1. The van der Waals surface area contributed by atoms with E-state index in [1.54, 1.807) is 18.2 Å². The summed E-state index contributed by atoms with van der Waals surface area (Å²) in [5.74, 6) is 5.54. The number of nitrogens with zero attached hydrogens (tertiary/aromatic N) is 2. The Bertz CT molecular complexity index is 839. The smallest absolute Gasteiger partial charge is 0.242 e. The fourth-order valence-corrected chi connectivity index (χ4v) is 3.43. The van der Waals surface area contributed by atoms with Crippen LogP contribution in [0.5, 0.6) is 0 Å². The minimum atomic E-state index is -0.444. The average Bonchev–Trinajstić information content (AvgIpc) is 2.72. The van der Waals surface area contributed by atoms with Gasteiger partial charge in [-0.2, -0.15) is 5.10 Å². The van der Waals surface area contributed by atoms with Crippen LogP contribution in [0.2, 0.25) is 10.0 Å². The summed E-state index contributed by atoms with van der Waals surface area (Å²) in [4.78, 5) is 15.2. The quantitative estimate of drug-likeness (QED) is 0.426. The minimum Gasteiger partial charge on any atom is -0.379 e. The van der Waals surface area contributed by atoms with Crippen LogP contribution < -0.4 is 11.2 Å². The highest BCUT2D eigenvalue weighted by atomic mass is 35.5. The first-order chi connectivity index (χ1) is 13.6. The second-order valence-electron chi connectivity index (χ2n) is 6.43. The number of carbonyl (C=O) groups is 1. The minimum absolute atomic E-state index is 0.116. The molecule has 28 heavy (non-hydrogen) atoms. The number of morpholine rings is 1. The van der Waals surface area contributed by atoms with Crippen LogP contribution in [0.3, 0.4) is 0 Å². The van der Waals surface area contributed by atoms with Crippen molar-refractivity contribution in [2.24, 2.45) is 10.9 Å². The fourth-order valence-electron chi connectivity index (χ4n) is 3.13. The number of amides is 1. The lowest BCUT2D eigenvalue weighted by Gasteiger charge is -2.33. The van der Waals surface area contributed by atoms with Crippen molar-refractivity contribution in [2.75, 3.05) is 31.6 Å². The first-order valence-corrected chi connectivity index (χ1v) is 9.74. The molecular weight excluding hydrogens is 399 g/mol. The molecule has 1 aliphatic heterocycles. The second-order valence-corrected chi connectivity index (χ2v) is 7.24. The van der Waals surface area contributed by atoms with Gasteiger partial charge in [0.1, 0.15) is 0 Å². The molecule has 148 valence electrons. The molecule has 1 heterocycles. The van der Waals surface area contributed by atoms with Crippen molar-refractivity contribution >= 4 is 40.5 Å². The van der Waals surface area contributed by atoms with E-state index < -0.39 is 6.04 Å². The average molecular weight is 421 g/mol. The Morgan fingerprint density at radius 2 is 1.86 bits per heavy atom. The zero-order valence-corrected chi connectivity index (χ0v) is 16.8. The molecule has 1 amide bonds. The molecule has 1 aliphatic rings. The summed E-state index contributed by atoms with van der Waals surface area (Å²) in [5, 5.41) is 7.77. The highest BCUT2D eigenvalue weighted by molar-refractivity contribution is 6.42. The van der Waals surface area contributed by atoms with Gasteiger partial charge in [0, 0.05) is 25.2 Å². The Morgan fingerprint density at radius 3 is 2.50 bits per heavy atom. The first-order valence-electron chi connectivity index (χ1n) is 8.98. The van der Waals surface area contributed by atoms with Crippen LogP contribution in [0.1, 0.15) is 12.0 Å². The number of para-hydroxylation sites is 1. The third-order valence-electron chi connectivity index (χ3n) is 4.63. The number of hydrazone groups is 1. The Balaban J connectivity index is 1.82. The van der Waals surface area contributed by atoms with E-state index >= 15 is 0 Å². The SMILES string of the molecule is N/N=C(\CC(C(=O)Nc1ccccc1)N1CCOCC1)c1ccc(Cl)c(Cl)c1. The molecule has 0 spiro atoms. The van der Waals surface area contributed by atoms with E-state index in [1.165, 1.54) is 0 Å². The van der Waals surface area contributed by atoms with E-state index in [1.807, 2.05) is 30.3 Å². The maximum atomic E-state index is 13.1. The van der Waals surface area contributed by atoms with Crippen molar-refractivity contribution in [3.63, 3.8) is 0 Å². The standard InChI is InChI=1S/C20H22Cl2N4O2/c21-16-7-6-14(12-17(16)22)18(25-23)13-19(26-8-10-28-11-9-26)20(27)24-15-4-2-1-3-5-15/h1-7,12,19H,8-11,13,23H2,(H,24,27)/b25-18+. The molecule has 3 N–H and O–H groups in total. The third-order valence-corrected chi connectivity index (χ3v) is 5.36. The summed E-state index contributed by atoms with van der Waals surface area (Å²) in [6.07, 6.45) is 0.340. The van der Waals surface area contributed by atoms with Crippen molar-refractivity contribution in [1.29, 1.82) is 0 Å². The van der Waals surface area contributed by atoms with Crippen LogP contribution in [0.4, 0.5) is 5.69 Å². The van der Waals surface area contributed by atoms with Gasteiger partial charge in [0.25, 0.3) is 0 Å². The molecule has 0 saturated carbocycles. The second kappa shape index (κ2) is 9.89. The molecule has 1 unspecified atom stereocenters. The van der Waals surface area contributed by atoms with E-state index in [2.05, 4.69) is 15.3 Å². The molecule has 1 fully saturated rings. The van der Waals surface area contributed by atoms with Gasteiger partial charge in [0.15, 0.2) is 0 Å². The van der Waals surface area contributed by atoms with Crippen LogP contribution in [-0.2, 0) is 9.53 Å². The Hall–Kier alpha value is -2.12. The lowest BCUT2D eigenvalue weighted by molar-refractivity contribution is -0.122. The van der Waals surface area contributed by atoms with Gasteiger partial charge in [-0.3, -0.25) is 9.69 Å². The van der Waals surface area contributed by atoms with Crippen molar-refractivity contribution < 1.29 is 9.53 Å². The number of nitrogens with one attached hydrogen (secondary N) is 1. The maximum Gasteiger partial charge on any atom is 0.242 e. The van der Waals surface area contributed by atoms with Crippen molar-refractivity contribution in [2.45, 2.75) is 12.5 Å². The summed E-state index contributed by atoms with van der Waals surface area (Å²) in [6.45, 7) is 2.48. The Kier molecular flexibility index (Phi) is 7.28.